The first-order chi connectivity index (χ1) is 9.24. The number of hydrogen-bond donors (Lipinski definition) is 0. The second-order valence-electron chi connectivity index (χ2n) is 4.22. The molecule has 1 aromatic heterocycles. The zero-order valence-electron chi connectivity index (χ0n) is 10.3. The van der Waals surface area contributed by atoms with Crippen LogP contribution in [0.25, 0.3) is 20.2 Å². The van der Waals surface area contributed by atoms with E-state index in [0.717, 1.165) is 31.5 Å². The fraction of sp³-hybridized carbons (Fsp3) is 0.133. The molecule has 2 nitrogen and oxygen atoms in total. The Morgan fingerprint density at radius 2 is 2.00 bits per heavy atom. The van der Waals surface area contributed by atoms with Crippen LogP contribution in [0.3, 0.4) is 0 Å². The summed E-state index contributed by atoms with van der Waals surface area (Å²) in [4.78, 5) is 12.6. The van der Waals surface area contributed by atoms with E-state index in [1.54, 1.807) is 18.4 Å². The zero-order chi connectivity index (χ0) is 13.4. The number of ether oxygens (including phenoxy) is 1. The molecule has 0 bridgehead atoms. The largest absolute Gasteiger partial charge is 0.497 e. The van der Waals surface area contributed by atoms with Crippen LogP contribution in [-0.4, -0.2) is 7.11 Å². The summed E-state index contributed by atoms with van der Waals surface area (Å²) in [5.74, 6) is 0.724. The van der Waals surface area contributed by atoms with Gasteiger partial charge in [-0.3, -0.25) is 4.79 Å². The summed E-state index contributed by atoms with van der Waals surface area (Å²) in [6.45, 7) is 0. The van der Waals surface area contributed by atoms with Gasteiger partial charge in [-0.1, -0.05) is 28.1 Å². The molecular formula is C15H11BrO2S. The Labute approximate surface area is 122 Å². The molecule has 0 spiro atoms. The number of methoxy groups -OCH3 is 1. The van der Waals surface area contributed by atoms with Crippen molar-refractivity contribution in [2.24, 2.45) is 0 Å². The van der Waals surface area contributed by atoms with Crippen molar-refractivity contribution in [2.45, 2.75) is 5.33 Å². The number of hydrogen-bond acceptors (Lipinski definition) is 3. The van der Waals surface area contributed by atoms with Gasteiger partial charge in [-0.25, -0.2) is 0 Å². The number of fused-ring (bicyclic) bond motifs is 2. The van der Waals surface area contributed by atoms with Gasteiger partial charge in [0.1, 0.15) is 5.75 Å². The molecule has 3 rings (SSSR count). The second-order valence-corrected chi connectivity index (χ2v) is 5.84. The normalized spacial score (nSPS) is 11.1. The molecule has 3 aromatic rings. The third kappa shape index (κ3) is 2.05. The minimum atomic E-state index is 0.0745. The van der Waals surface area contributed by atoms with Crippen molar-refractivity contribution in [3.05, 3.63) is 52.2 Å². The summed E-state index contributed by atoms with van der Waals surface area (Å²) in [6.07, 6.45) is 0. The third-order valence-electron chi connectivity index (χ3n) is 3.11. The van der Waals surface area contributed by atoms with Crippen LogP contribution >= 0.6 is 27.3 Å². The highest BCUT2D eigenvalue weighted by atomic mass is 79.9. The summed E-state index contributed by atoms with van der Waals surface area (Å²) >= 11 is 5.13. The van der Waals surface area contributed by atoms with Gasteiger partial charge < -0.3 is 4.74 Å². The summed E-state index contributed by atoms with van der Waals surface area (Å²) in [6, 6.07) is 11.5. The Morgan fingerprint density at radius 3 is 2.74 bits per heavy atom. The molecule has 0 aliphatic carbocycles. The number of halogens is 1. The Morgan fingerprint density at radius 1 is 1.21 bits per heavy atom. The molecule has 0 fully saturated rings. The molecule has 0 amide bonds. The van der Waals surface area contributed by atoms with Crippen molar-refractivity contribution in [3.8, 4) is 5.75 Å². The predicted molar refractivity (Wildman–Crippen MR) is 84.8 cm³/mol. The van der Waals surface area contributed by atoms with Crippen LogP contribution in [0.2, 0.25) is 0 Å². The highest BCUT2D eigenvalue weighted by Crippen LogP contribution is 2.31. The minimum Gasteiger partial charge on any atom is -0.497 e. The standard InChI is InChI=1S/C15H11BrO2S/c1-18-10-6-9(8-16)15-12(7-10)14(17)11-4-2-3-5-13(11)19-15/h2-7H,8H2,1H3. The van der Waals surface area contributed by atoms with Gasteiger partial charge in [-0.05, 0) is 29.8 Å². The van der Waals surface area contributed by atoms with Gasteiger partial charge >= 0.3 is 0 Å². The molecule has 0 saturated carbocycles. The van der Waals surface area contributed by atoms with Crippen molar-refractivity contribution in [2.75, 3.05) is 7.11 Å². The maximum atomic E-state index is 12.6. The summed E-state index contributed by atoms with van der Waals surface area (Å²) in [5.41, 5.74) is 1.16. The van der Waals surface area contributed by atoms with E-state index in [9.17, 15) is 4.79 Å². The van der Waals surface area contributed by atoms with Crippen LogP contribution in [0.4, 0.5) is 0 Å². The van der Waals surface area contributed by atoms with Gasteiger partial charge in [0, 0.05) is 25.5 Å². The van der Waals surface area contributed by atoms with E-state index in [0.29, 0.717) is 5.33 Å². The molecule has 0 aliphatic heterocycles. The number of rotatable bonds is 2. The number of benzene rings is 2. The molecule has 2 aromatic carbocycles. The predicted octanol–water partition coefficient (Wildman–Crippen LogP) is 4.32. The lowest BCUT2D eigenvalue weighted by Gasteiger charge is -2.08. The van der Waals surface area contributed by atoms with Crippen molar-refractivity contribution >= 4 is 47.4 Å². The average molecular weight is 335 g/mol. The Hall–Kier alpha value is -1.39. The fourth-order valence-electron chi connectivity index (χ4n) is 2.16. The van der Waals surface area contributed by atoms with E-state index in [4.69, 9.17) is 4.74 Å². The van der Waals surface area contributed by atoms with Crippen molar-refractivity contribution in [3.63, 3.8) is 0 Å². The molecule has 0 radical (unpaired) electrons. The first-order valence-electron chi connectivity index (χ1n) is 5.83. The third-order valence-corrected chi connectivity index (χ3v) is 4.97. The Balaban J connectivity index is 2.54. The molecule has 19 heavy (non-hydrogen) atoms. The molecule has 4 heteroatoms. The highest BCUT2D eigenvalue weighted by Gasteiger charge is 2.10. The molecule has 0 unspecified atom stereocenters. The Bertz CT molecular complexity index is 823. The van der Waals surface area contributed by atoms with E-state index in [-0.39, 0.29) is 5.43 Å². The molecule has 0 N–H and O–H groups in total. The van der Waals surface area contributed by atoms with Crippen molar-refractivity contribution < 1.29 is 4.74 Å². The number of alkyl halides is 1. The minimum absolute atomic E-state index is 0.0745. The van der Waals surface area contributed by atoms with Gasteiger partial charge in [-0.2, -0.15) is 0 Å². The summed E-state index contributed by atoms with van der Waals surface area (Å²) < 4.78 is 7.33. The SMILES string of the molecule is COc1cc(CBr)c2sc3ccccc3c(=O)c2c1. The highest BCUT2D eigenvalue weighted by molar-refractivity contribution is 9.08. The Kier molecular flexibility index (Phi) is 3.29. The van der Waals surface area contributed by atoms with Crippen LogP contribution < -0.4 is 10.2 Å². The van der Waals surface area contributed by atoms with Gasteiger partial charge in [-0.15, -0.1) is 11.3 Å². The monoisotopic (exact) mass is 334 g/mol. The van der Waals surface area contributed by atoms with E-state index in [1.807, 2.05) is 36.4 Å². The molecular weight excluding hydrogens is 324 g/mol. The fourth-order valence-corrected chi connectivity index (χ4v) is 3.95. The maximum absolute atomic E-state index is 12.6. The second kappa shape index (κ2) is 4.94. The first-order valence-corrected chi connectivity index (χ1v) is 7.77. The lowest BCUT2D eigenvalue weighted by molar-refractivity contribution is 0.415. The molecule has 0 aliphatic rings. The summed E-state index contributed by atoms with van der Waals surface area (Å²) in [5, 5.41) is 2.21. The quantitative estimate of drug-likeness (QED) is 0.515. The van der Waals surface area contributed by atoms with Gasteiger partial charge in [0.05, 0.1) is 7.11 Å². The average Bonchev–Trinajstić information content (AvgIpc) is 2.47. The van der Waals surface area contributed by atoms with Crippen LogP contribution in [0, 0.1) is 0 Å². The molecule has 0 atom stereocenters. The first kappa shape index (κ1) is 12.6. The van der Waals surface area contributed by atoms with Crippen molar-refractivity contribution in [1.82, 2.24) is 0 Å². The molecule has 1 heterocycles. The summed E-state index contributed by atoms with van der Waals surface area (Å²) in [7, 11) is 1.62. The van der Waals surface area contributed by atoms with Crippen LogP contribution in [-0.2, 0) is 5.33 Å². The smallest absolute Gasteiger partial charge is 0.196 e. The van der Waals surface area contributed by atoms with Gasteiger partial charge in [0.25, 0.3) is 0 Å². The van der Waals surface area contributed by atoms with Crippen molar-refractivity contribution in [1.29, 1.82) is 0 Å². The van der Waals surface area contributed by atoms with E-state index in [1.165, 1.54) is 0 Å². The van der Waals surface area contributed by atoms with Crippen LogP contribution in [0.15, 0.2) is 41.2 Å². The van der Waals surface area contributed by atoms with E-state index >= 15 is 0 Å². The maximum Gasteiger partial charge on any atom is 0.196 e. The van der Waals surface area contributed by atoms with Crippen LogP contribution in [0.5, 0.6) is 5.75 Å². The van der Waals surface area contributed by atoms with Gasteiger partial charge in [0.15, 0.2) is 5.43 Å². The van der Waals surface area contributed by atoms with Gasteiger partial charge in [0.2, 0.25) is 0 Å². The van der Waals surface area contributed by atoms with E-state index < -0.39 is 0 Å². The molecule has 96 valence electrons. The lowest BCUT2D eigenvalue weighted by Crippen LogP contribution is -2.02. The lowest BCUT2D eigenvalue weighted by atomic mass is 10.1. The topological polar surface area (TPSA) is 26.3 Å². The van der Waals surface area contributed by atoms with E-state index in [2.05, 4.69) is 15.9 Å². The van der Waals surface area contributed by atoms with Crippen LogP contribution in [0.1, 0.15) is 5.56 Å². The molecule has 0 saturated heterocycles. The zero-order valence-corrected chi connectivity index (χ0v) is 12.7.